The second-order valence-corrected chi connectivity index (χ2v) is 3.40. The van der Waals surface area contributed by atoms with Crippen LogP contribution in [0.15, 0.2) is 0 Å². The summed E-state index contributed by atoms with van der Waals surface area (Å²) in [4.78, 5) is 10.2. The Labute approximate surface area is 79.1 Å². The van der Waals surface area contributed by atoms with E-state index in [1.54, 1.807) is 0 Å². The molecule has 1 amide bonds. The van der Waals surface area contributed by atoms with Gasteiger partial charge >= 0.3 is 6.09 Å². The minimum Gasteiger partial charge on any atom is -0.448 e. The number of hydrogen-bond donors (Lipinski definition) is 2. The number of nitrogens with one attached hydrogen (secondary N) is 1. The molecule has 1 heterocycles. The molecule has 7 heteroatoms. The van der Waals surface area contributed by atoms with E-state index in [9.17, 15) is 4.79 Å². The average molecular weight is 202 g/mol. The summed E-state index contributed by atoms with van der Waals surface area (Å²) in [6.45, 7) is 2.58. The van der Waals surface area contributed by atoms with Crippen molar-refractivity contribution in [3.63, 3.8) is 0 Å². The molecule has 0 aromatic carbocycles. The van der Waals surface area contributed by atoms with Gasteiger partial charge in [-0.3, -0.25) is 0 Å². The van der Waals surface area contributed by atoms with Gasteiger partial charge < -0.3 is 15.8 Å². The van der Waals surface area contributed by atoms with E-state index in [0.717, 1.165) is 5.01 Å². The number of carbonyl (C=O) groups excluding carboxylic acids is 1. The zero-order valence-electron chi connectivity index (χ0n) is 7.11. The maximum Gasteiger partial charge on any atom is 0.404 e. The van der Waals surface area contributed by atoms with Crippen molar-refractivity contribution in [2.75, 3.05) is 18.5 Å². The summed E-state index contributed by atoms with van der Waals surface area (Å²) in [6.07, 6.45) is -0.768. The Hall–Kier alpha value is -1.37. The first-order valence-corrected chi connectivity index (χ1v) is 4.46. The summed E-state index contributed by atoms with van der Waals surface area (Å²) in [5, 5.41) is 12.2. The minimum absolute atomic E-state index is 0.230. The predicted octanol–water partition coefficient (Wildman–Crippen LogP) is 0.354. The lowest BCUT2D eigenvalue weighted by Crippen LogP contribution is -2.18. The van der Waals surface area contributed by atoms with Crippen LogP contribution in [-0.4, -0.2) is 29.4 Å². The topological polar surface area (TPSA) is 90.1 Å². The van der Waals surface area contributed by atoms with Gasteiger partial charge in [0.05, 0.1) is 6.54 Å². The molecule has 3 N–H and O–H groups in total. The lowest BCUT2D eigenvalue weighted by molar-refractivity contribution is 0.161. The summed E-state index contributed by atoms with van der Waals surface area (Å²) in [5.74, 6) is 0. The quantitative estimate of drug-likeness (QED) is 0.688. The van der Waals surface area contributed by atoms with Crippen LogP contribution in [0.25, 0.3) is 0 Å². The Bertz CT molecular complexity index is 288. The first kappa shape index (κ1) is 9.72. The van der Waals surface area contributed by atoms with E-state index in [-0.39, 0.29) is 6.61 Å². The second kappa shape index (κ2) is 4.61. The number of rotatable bonds is 4. The molecule has 0 aliphatic heterocycles. The molecule has 0 aliphatic carbocycles. The van der Waals surface area contributed by atoms with Crippen LogP contribution in [0.4, 0.5) is 9.93 Å². The van der Waals surface area contributed by atoms with Crippen LogP contribution in [0, 0.1) is 6.92 Å². The number of primary amides is 1. The van der Waals surface area contributed by atoms with Gasteiger partial charge in [-0.1, -0.05) is 11.3 Å². The van der Waals surface area contributed by atoms with E-state index < -0.39 is 6.09 Å². The molecule has 0 bridgehead atoms. The number of aromatic nitrogens is 2. The molecule has 72 valence electrons. The molecule has 0 saturated carbocycles. The van der Waals surface area contributed by atoms with Crippen molar-refractivity contribution >= 4 is 22.6 Å². The van der Waals surface area contributed by atoms with Crippen molar-refractivity contribution in [1.29, 1.82) is 0 Å². The van der Waals surface area contributed by atoms with Crippen molar-refractivity contribution in [2.24, 2.45) is 5.73 Å². The zero-order chi connectivity index (χ0) is 9.68. The molecule has 0 spiro atoms. The van der Waals surface area contributed by atoms with Crippen molar-refractivity contribution in [2.45, 2.75) is 6.92 Å². The number of nitrogens with zero attached hydrogens (tertiary/aromatic N) is 2. The number of amides is 1. The SMILES string of the molecule is Cc1nnc(NCCOC(N)=O)s1. The van der Waals surface area contributed by atoms with Gasteiger partial charge in [-0.15, -0.1) is 10.2 Å². The van der Waals surface area contributed by atoms with Crippen LogP contribution in [0.2, 0.25) is 0 Å². The van der Waals surface area contributed by atoms with E-state index in [1.807, 2.05) is 6.92 Å². The smallest absolute Gasteiger partial charge is 0.404 e. The van der Waals surface area contributed by atoms with E-state index >= 15 is 0 Å². The Morgan fingerprint density at radius 1 is 1.69 bits per heavy atom. The van der Waals surface area contributed by atoms with E-state index in [4.69, 9.17) is 5.73 Å². The number of ether oxygens (including phenoxy) is 1. The summed E-state index contributed by atoms with van der Waals surface area (Å²) < 4.78 is 4.50. The number of aryl methyl sites for hydroxylation is 1. The third kappa shape index (κ3) is 3.70. The molecule has 1 rings (SSSR count). The number of carbonyl (C=O) groups is 1. The normalized spacial score (nSPS) is 9.62. The van der Waals surface area contributed by atoms with Crippen molar-refractivity contribution < 1.29 is 9.53 Å². The van der Waals surface area contributed by atoms with Crippen LogP contribution < -0.4 is 11.1 Å². The highest BCUT2D eigenvalue weighted by Crippen LogP contribution is 2.12. The highest BCUT2D eigenvalue weighted by molar-refractivity contribution is 7.15. The van der Waals surface area contributed by atoms with Crippen molar-refractivity contribution in [3.8, 4) is 0 Å². The molecule has 6 nitrogen and oxygen atoms in total. The molecule has 13 heavy (non-hydrogen) atoms. The molecule has 0 radical (unpaired) electrons. The third-order valence-electron chi connectivity index (χ3n) is 1.15. The summed E-state index contributed by atoms with van der Waals surface area (Å²) in [6, 6.07) is 0. The molecule has 0 unspecified atom stereocenters. The summed E-state index contributed by atoms with van der Waals surface area (Å²) >= 11 is 1.44. The minimum atomic E-state index is -0.768. The van der Waals surface area contributed by atoms with Gasteiger partial charge in [0.15, 0.2) is 0 Å². The number of nitrogens with two attached hydrogens (primary N) is 1. The van der Waals surface area contributed by atoms with Crippen LogP contribution in [0.5, 0.6) is 0 Å². The van der Waals surface area contributed by atoms with Gasteiger partial charge in [0.25, 0.3) is 0 Å². The number of anilines is 1. The van der Waals surface area contributed by atoms with Gasteiger partial charge in [0.2, 0.25) is 5.13 Å². The van der Waals surface area contributed by atoms with E-state index in [1.165, 1.54) is 11.3 Å². The Morgan fingerprint density at radius 2 is 2.46 bits per heavy atom. The zero-order valence-corrected chi connectivity index (χ0v) is 7.93. The van der Waals surface area contributed by atoms with E-state index in [0.29, 0.717) is 11.7 Å². The highest BCUT2D eigenvalue weighted by Gasteiger charge is 1.98. The molecular formula is C6H10N4O2S. The molecule has 1 aromatic heterocycles. The second-order valence-electron chi connectivity index (χ2n) is 2.22. The molecule has 1 aromatic rings. The fourth-order valence-electron chi connectivity index (χ4n) is 0.678. The van der Waals surface area contributed by atoms with Crippen LogP contribution in [0.1, 0.15) is 5.01 Å². The first-order chi connectivity index (χ1) is 6.18. The maximum absolute atomic E-state index is 10.2. The lowest BCUT2D eigenvalue weighted by atomic mass is 10.7. The van der Waals surface area contributed by atoms with Gasteiger partial charge in [-0.2, -0.15) is 0 Å². The molecule has 0 saturated heterocycles. The van der Waals surface area contributed by atoms with Crippen LogP contribution in [-0.2, 0) is 4.74 Å². The fraction of sp³-hybridized carbons (Fsp3) is 0.500. The van der Waals surface area contributed by atoms with Crippen LogP contribution in [0.3, 0.4) is 0 Å². The standard InChI is InChI=1S/C6H10N4O2S/c1-4-9-10-6(13-4)8-2-3-12-5(7)11/h2-3H2,1H3,(H2,7,11)(H,8,10). The predicted molar refractivity (Wildman–Crippen MR) is 48.7 cm³/mol. The highest BCUT2D eigenvalue weighted by atomic mass is 32.1. The van der Waals surface area contributed by atoms with Gasteiger partial charge in [-0.25, -0.2) is 4.79 Å². The van der Waals surface area contributed by atoms with Crippen molar-refractivity contribution in [1.82, 2.24) is 10.2 Å². The molecule has 0 fully saturated rings. The first-order valence-electron chi connectivity index (χ1n) is 3.64. The number of hydrogen-bond acceptors (Lipinski definition) is 6. The Balaban J connectivity index is 2.16. The Morgan fingerprint density at radius 3 is 3.00 bits per heavy atom. The molecule has 0 atom stereocenters. The third-order valence-corrected chi connectivity index (χ3v) is 1.95. The molecule has 0 aliphatic rings. The summed E-state index contributed by atoms with van der Waals surface area (Å²) in [7, 11) is 0. The monoisotopic (exact) mass is 202 g/mol. The maximum atomic E-state index is 10.2. The van der Waals surface area contributed by atoms with E-state index in [2.05, 4.69) is 20.3 Å². The molecular weight excluding hydrogens is 192 g/mol. The van der Waals surface area contributed by atoms with Crippen molar-refractivity contribution in [3.05, 3.63) is 5.01 Å². The van der Waals surface area contributed by atoms with Gasteiger partial charge in [0, 0.05) is 0 Å². The average Bonchev–Trinajstić information content (AvgIpc) is 2.45. The summed E-state index contributed by atoms with van der Waals surface area (Å²) in [5.41, 5.74) is 4.76. The van der Waals surface area contributed by atoms with Crippen LogP contribution >= 0.6 is 11.3 Å². The Kier molecular flexibility index (Phi) is 3.44. The lowest BCUT2D eigenvalue weighted by Gasteiger charge is -2.01. The van der Waals surface area contributed by atoms with Gasteiger partial charge in [-0.05, 0) is 6.92 Å². The fourth-order valence-corrected chi connectivity index (χ4v) is 1.29. The van der Waals surface area contributed by atoms with Gasteiger partial charge in [0.1, 0.15) is 11.6 Å². The largest absolute Gasteiger partial charge is 0.448 e.